The number of nitrogens with zero attached hydrogens (tertiary/aromatic N) is 1. The monoisotopic (exact) mass is 389 g/mol. The molecule has 144 valence electrons. The average Bonchev–Trinajstić information content (AvgIpc) is 3.14. The Bertz CT molecular complexity index is 865. The van der Waals surface area contributed by atoms with E-state index >= 15 is 0 Å². The van der Waals surface area contributed by atoms with E-state index in [-0.39, 0.29) is 24.3 Å². The lowest BCUT2D eigenvalue weighted by atomic mass is 10.2. The molecule has 0 aliphatic carbocycles. The molecular weight excluding hydrogens is 366 g/mol. The summed E-state index contributed by atoms with van der Waals surface area (Å²) in [5, 5.41) is 0. The normalized spacial score (nSPS) is 16.9. The molecule has 2 aromatic carbocycles. The van der Waals surface area contributed by atoms with Crippen LogP contribution in [0.5, 0.6) is 11.5 Å². The van der Waals surface area contributed by atoms with E-state index in [0.717, 1.165) is 6.42 Å². The van der Waals surface area contributed by atoms with Gasteiger partial charge in [-0.05, 0) is 49.2 Å². The van der Waals surface area contributed by atoms with Crippen LogP contribution in [0.25, 0.3) is 0 Å². The molecule has 0 radical (unpaired) electrons. The second-order valence-electron chi connectivity index (χ2n) is 6.44. The number of amides is 1. The van der Waals surface area contributed by atoms with Crippen LogP contribution in [0.2, 0.25) is 0 Å². The summed E-state index contributed by atoms with van der Waals surface area (Å²) in [6.45, 7) is 0.438. The van der Waals surface area contributed by atoms with E-state index in [0.29, 0.717) is 29.4 Å². The highest BCUT2D eigenvalue weighted by atomic mass is 32.2. The first-order valence-electron chi connectivity index (χ1n) is 8.84. The molecular formula is C20H23NO5S. The number of carbonyl (C=O) groups excluding carboxylic acids is 1. The Morgan fingerprint density at radius 2 is 1.74 bits per heavy atom. The molecule has 0 bridgehead atoms. The molecule has 1 fully saturated rings. The fraction of sp³-hybridized carbons (Fsp3) is 0.350. The molecule has 0 N–H and O–H groups in total. The van der Waals surface area contributed by atoms with E-state index in [4.69, 9.17) is 9.47 Å². The van der Waals surface area contributed by atoms with Gasteiger partial charge in [-0.2, -0.15) is 0 Å². The summed E-state index contributed by atoms with van der Waals surface area (Å²) >= 11 is 0. The molecule has 1 aliphatic rings. The standard InChI is InChI=1S/C20H23NO5S/c1-25-17-9-11-18(12-10-17)26-14-20(22)21-13-5-6-16(21)15-27(23,24)19-7-3-2-4-8-19/h2-4,7-12,16H,5-6,13-15H2,1H3. The van der Waals surface area contributed by atoms with Gasteiger partial charge in [-0.1, -0.05) is 18.2 Å². The van der Waals surface area contributed by atoms with Crippen LogP contribution in [0.1, 0.15) is 12.8 Å². The van der Waals surface area contributed by atoms with Crippen molar-refractivity contribution in [3.63, 3.8) is 0 Å². The Labute approximate surface area is 159 Å². The molecule has 2 aromatic rings. The van der Waals surface area contributed by atoms with Crippen LogP contribution < -0.4 is 9.47 Å². The molecule has 27 heavy (non-hydrogen) atoms. The minimum absolute atomic E-state index is 0.0642. The van der Waals surface area contributed by atoms with Crippen molar-refractivity contribution in [2.24, 2.45) is 0 Å². The zero-order valence-corrected chi connectivity index (χ0v) is 16.0. The predicted octanol–water partition coefficient (Wildman–Crippen LogP) is 2.54. The van der Waals surface area contributed by atoms with Crippen LogP contribution in [0.3, 0.4) is 0 Å². The maximum atomic E-state index is 12.6. The molecule has 6 nitrogen and oxygen atoms in total. The molecule has 0 saturated carbocycles. The number of sulfone groups is 1. The van der Waals surface area contributed by atoms with Gasteiger partial charge in [0.05, 0.1) is 17.8 Å². The van der Waals surface area contributed by atoms with Gasteiger partial charge in [0.1, 0.15) is 11.5 Å². The zero-order chi connectivity index (χ0) is 19.3. The SMILES string of the molecule is COc1ccc(OCC(=O)N2CCCC2CS(=O)(=O)c2ccccc2)cc1. The van der Waals surface area contributed by atoms with Crippen molar-refractivity contribution in [2.45, 2.75) is 23.8 Å². The number of likely N-dealkylation sites (tertiary alicyclic amines) is 1. The molecule has 0 aromatic heterocycles. The first-order valence-corrected chi connectivity index (χ1v) is 10.5. The molecule has 1 atom stereocenters. The number of rotatable bonds is 7. The van der Waals surface area contributed by atoms with E-state index in [9.17, 15) is 13.2 Å². The second-order valence-corrected chi connectivity index (χ2v) is 8.48. The summed E-state index contributed by atoms with van der Waals surface area (Å²) in [4.78, 5) is 14.5. The largest absolute Gasteiger partial charge is 0.497 e. The third-order valence-corrected chi connectivity index (χ3v) is 6.45. The smallest absolute Gasteiger partial charge is 0.260 e. The Morgan fingerprint density at radius 1 is 1.07 bits per heavy atom. The second kappa shape index (κ2) is 8.43. The minimum atomic E-state index is -3.43. The van der Waals surface area contributed by atoms with E-state index in [1.165, 1.54) is 0 Å². The zero-order valence-electron chi connectivity index (χ0n) is 15.2. The molecule has 3 rings (SSSR count). The van der Waals surface area contributed by atoms with Crippen LogP contribution in [0.15, 0.2) is 59.5 Å². The van der Waals surface area contributed by atoms with Crippen molar-refractivity contribution in [1.82, 2.24) is 4.90 Å². The Kier molecular flexibility index (Phi) is 6.01. The lowest BCUT2D eigenvalue weighted by molar-refractivity contribution is -0.133. The van der Waals surface area contributed by atoms with Crippen molar-refractivity contribution in [3.05, 3.63) is 54.6 Å². The number of ether oxygens (including phenoxy) is 2. The number of carbonyl (C=O) groups is 1. The van der Waals surface area contributed by atoms with E-state index in [2.05, 4.69) is 0 Å². The van der Waals surface area contributed by atoms with Crippen LogP contribution >= 0.6 is 0 Å². The summed E-state index contributed by atoms with van der Waals surface area (Å²) in [5.41, 5.74) is 0. The first kappa shape index (κ1) is 19.2. The van der Waals surface area contributed by atoms with Gasteiger partial charge in [-0.3, -0.25) is 4.79 Å². The highest BCUT2D eigenvalue weighted by Gasteiger charge is 2.33. The number of methoxy groups -OCH3 is 1. The quantitative estimate of drug-likeness (QED) is 0.728. The maximum Gasteiger partial charge on any atom is 0.260 e. The van der Waals surface area contributed by atoms with Gasteiger partial charge in [0, 0.05) is 12.6 Å². The molecule has 0 spiro atoms. The van der Waals surface area contributed by atoms with Gasteiger partial charge in [-0.25, -0.2) is 8.42 Å². The summed E-state index contributed by atoms with van der Waals surface area (Å²) in [7, 11) is -1.85. The van der Waals surface area contributed by atoms with Gasteiger partial charge in [0.15, 0.2) is 16.4 Å². The Hall–Kier alpha value is -2.54. The molecule has 7 heteroatoms. The fourth-order valence-corrected chi connectivity index (χ4v) is 4.83. The van der Waals surface area contributed by atoms with Crippen molar-refractivity contribution in [3.8, 4) is 11.5 Å². The van der Waals surface area contributed by atoms with Gasteiger partial charge >= 0.3 is 0 Å². The number of hydrogen-bond acceptors (Lipinski definition) is 5. The molecule has 1 unspecified atom stereocenters. The third kappa shape index (κ3) is 4.80. The van der Waals surface area contributed by atoms with Crippen molar-refractivity contribution in [1.29, 1.82) is 0 Å². The Balaban J connectivity index is 1.60. The molecule has 1 aliphatic heterocycles. The van der Waals surface area contributed by atoms with Gasteiger partial charge in [0.25, 0.3) is 5.91 Å². The van der Waals surface area contributed by atoms with Crippen LogP contribution in [0.4, 0.5) is 0 Å². The summed E-state index contributed by atoms with van der Waals surface area (Å²) in [5.74, 6) is 1.01. The third-order valence-electron chi connectivity index (χ3n) is 4.63. The van der Waals surface area contributed by atoms with Crippen LogP contribution in [-0.4, -0.2) is 51.3 Å². The van der Waals surface area contributed by atoms with Crippen LogP contribution in [0, 0.1) is 0 Å². The maximum absolute atomic E-state index is 12.6. The van der Waals surface area contributed by atoms with Gasteiger partial charge in [0.2, 0.25) is 0 Å². The number of hydrogen-bond donors (Lipinski definition) is 0. The van der Waals surface area contributed by atoms with Crippen molar-refractivity contribution in [2.75, 3.05) is 26.0 Å². The lowest BCUT2D eigenvalue weighted by Crippen LogP contribution is -2.42. The highest BCUT2D eigenvalue weighted by Crippen LogP contribution is 2.23. The average molecular weight is 389 g/mol. The van der Waals surface area contributed by atoms with Crippen molar-refractivity contribution >= 4 is 15.7 Å². The summed E-state index contributed by atoms with van der Waals surface area (Å²) < 4.78 is 35.9. The summed E-state index contributed by atoms with van der Waals surface area (Å²) in [6, 6.07) is 15.0. The molecule has 1 amide bonds. The van der Waals surface area contributed by atoms with Crippen molar-refractivity contribution < 1.29 is 22.7 Å². The minimum Gasteiger partial charge on any atom is -0.497 e. The van der Waals surface area contributed by atoms with Crippen LogP contribution in [-0.2, 0) is 14.6 Å². The number of benzene rings is 2. The topological polar surface area (TPSA) is 72.9 Å². The fourth-order valence-electron chi connectivity index (χ4n) is 3.21. The van der Waals surface area contributed by atoms with Gasteiger partial charge < -0.3 is 14.4 Å². The lowest BCUT2D eigenvalue weighted by Gasteiger charge is -2.24. The predicted molar refractivity (Wildman–Crippen MR) is 102 cm³/mol. The summed E-state index contributed by atoms with van der Waals surface area (Å²) in [6.07, 6.45) is 1.48. The Morgan fingerprint density at radius 3 is 2.41 bits per heavy atom. The van der Waals surface area contributed by atoms with E-state index in [1.54, 1.807) is 66.6 Å². The van der Waals surface area contributed by atoms with E-state index in [1.807, 2.05) is 0 Å². The molecule has 1 saturated heterocycles. The van der Waals surface area contributed by atoms with Gasteiger partial charge in [-0.15, -0.1) is 0 Å². The first-order chi connectivity index (χ1) is 13.0. The molecule has 1 heterocycles. The van der Waals surface area contributed by atoms with E-state index < -0.39 is 9.84 Å². The highest BCUT2D eigenvalue weighted by molar-refractivity contribution is 7.91.